The van der Waals surface area contributed by atoms with Crippen LogP contribution in [-0.4, -0.2) is 16.0 Å². The maximum atomic E-state index is 11.2. The van der Waals surface area contributed by atoms with E-state index >= 15 is 0 Å². The van der Waals surface area contributed by atoms with Crippen molar-refractivity contribution in [2.24, 2.45) is 0 Å². The predicted octanol–water partition coefficient (Wildman–Crippen LogP) is 1.79. The van der Waals surface area contributed by atoms with Gasteiger partial charge in [0.25, 0.3) is 0 Å². The first-order valence-electron chi connectivity index (χ1n) is 5.17. The van der Waals surface area contributed by atoms with Crippen molar-refractivity contribution in [3.8, 4) is 5.75 Å². The molecular formula is C11H13NO5. The van der Waals surface area contributed by atoms with Gasteiger partial charge in [0.1, 0.15) is 0 Å². The molecule has 0 atom stereocenters. The topological polar surface area (TPSA) is 89.7 Å². The number of carbonyl (C=O) groups is 1. The highest BCUT2D eigenvalue weighted by Crippen LogP contribution is 2.28. The third kappa shape index (κ3) is 3.53. The second-order valence-corrected chi connectivity index (χ2v) is 3.44. The summed E-state index contributed by atoms with van der Waals surface area (Å²) in [5, 5.41) is 19.6. The Hall–Kier alpha value is -1.95. The van der Waals surface area contributed by atoms with Gasteiger partial charge in [0, 0.05) is 12.5 Å². The van der Waals surface area contributed by atoms with Gasteiger partial charge in [0.15, 0.2) is 0 Å². The molecule has 0 radical (unpaired) electrons. The summed E-state index contributed by atoms with van der Waals surface area (Å²) in [4.78, 5) is 21.4. The molecule has 17 heavy (non-hydrogen) atoms. The highest BCUT2D eigenvalue weighted by molar-refractivity contribution is 5.73. The fourth-order valence-electron chi connectivity index (χ4n) is 1.27. The van der Waals surface area contributed by atoms with Crippen LogP contribution in [-0.2, 0) is 11.4 Å². The number of hydrogen-bond acceptors (Lipinski definition) is 5. The third-order valence-corrected chi connectivity index (χ3v) is 2.08. The van der Waals surface area contributed by atoms with E-state index < -0.39 is 10.9 Å². The summed E-state index contributed by atoms with van der Waals surface area (Å²) >= 11 is 0. The zero-order valence-electron chi connectivity index (χ0n) is 9.38. The molecule has 1 N–H and O–H groups in total. The lowest BCUT2D eigenvalue weighted by Gasteiger charge is -2.05. The molecule has 0 saturated carbocycles. The van der Waals surface area contributed by atoms with Crippen LogP contribution in [0.15, 0.2) is 18.2 Å². The smallest absolute Gasteiger partial charge is 0.312 e. The molecule has 6 heteroatoms. The number of nitrogens with zero attached hydrogens (tertiary/aromatic N) is 1. The molecule has 0 aliphatic heterocycles. The van der Waals surface area contributed by atoms with Gasteiger partial charge in [0.2, 0.25) is 5.75 Å². The summed E-state index contributed by atoms with van der Waals surface area (Å²) in [6.07, 6.45) is 0.820. The highest BCUT2D eigenvalue weighted by Gasteiger charge is 2.18. The number of ether oxygens (including phenoxy) is 1. The van der Waals surface area contributed by atoms with Gasteiger partial charge in [-0.05, 0) is 18.1 Å². The second kappa shape index (κ2) is 5.95. The molecule has 0 aromatic heterocycles. The first-order chi connectivity index (χ1) is 8.08. The summed E-state index contributed by atoms with van der Waals surface area (Å²) in [7, 11) is 0. The van der Waals surface area contributed by atoms with Crippen molar-refractivity contribution in [3.05, 3.63) is 33.9 Å². The van der Waals surface area contributed by atoms with Crippen molar-refractivity contribution in [2.75, 3.05) is 0 Å². The van der Waals surface area contributed by atoms with Gasteiger partial charge >= 0.3 is 11.7 Å². The van der Waals surface area contributed by atoms with Crippen LogP contribution in [0.5, 0.6) is 5.75 Å². The van der Waals surface area contributed by atoms with Gasteiger partial charge in [-0.1, -0.05) is 13.0 Å². The van der Waals surface area contributed by atoms with E-state index in [0.717, 1.165) is 0 Å². The van der Waals surface area contributed by atoms with Crippen molar-refractivity contribution in [1.82, 2.24) is 0 Å². The summed E-state index contributed by atoms with van der Waals surface area (Å²) in [5.74, 6) is -0.599. The molecule has 0 amide bonds. The Bertz CT molecular complexity index is 430. The second-order valence-electron chi connectivity index (χ2n) is 3.44. The molecule has 0 saturated heterocycles. The van der Waals surface area contributed by atoms with E-state index in [1.165, 1.54) is 18.2 Å². The number of benzene rings is 1. The molecule has 1 aromatic carbocycles. The lowest BCUT2D eigenvalue weighted by molar-refractivity contribution is -0.385. The normalized spacial score (nSPS) is 10.0. The van der Waals surface area contributed by atoms with Crippen LogP contribution in [0, 0.1) is 10.1 Å². The SMILES string of the molecule is CCCC(=O)Oc1ccc(CO)cc1[N+](=O)[O-]. The maximum Gasteiger partial charge on any atom is 0.312 e. The number of aliphatic hydroxyl groups excluding tert-OH is 1. The zero-order chi connectivity index (χ0) is 12.8. The minimum Gasteiger partial charge on any atom is -0.419 e. The van der Waals surface area contributed by atoms with E-state index in [0.29, 0.717) is 12.0 Å². The summed E-state index contributed by atoms with van der Waals surface area (Å²) in [6, 6.07) is 3.98. The van der Waals surface area contributed by atoms with E-state index in [4.69, 9.17) is 9.84 Å². The lowest BCUT2D eigenvalue weighted by Crippen LogP contribution is -2.08. The lowest BCUT2D eigenvalue weighted by atomic mass is 10.2. The monoisotopic (exact) mass is 239 g/mol. The summed E-state index contributed by atoms with van der Waals surface area (Å²) < 4.78 is 4.88. The van der Waals surface area contributed by atoms with Crippen molar-refractivity contribution in [3.63, 3.8) is 0 Å². The molecule has 1 rings (SSSR count). The molecule has 0 unspecified atom stereocenters. The number of esters is 1. The Morgan fingerprint density at radius 2 is 2.24 bits per heavy atom. The maximum absolute atomic E-state index is 11.2. The quantitative estimate of drug-likeness (QED) is 0.366. The average molecular weight is 239 g/mol. The van der Waals surface area contributed by atoms with E-state index in [-0.39, 0.29) is 24.5 Å². The molecule has 0 spiro atoms. The Morgan fingerprint density at radius 1 is 1.53 bits per heavy atom. The number of hydrogen-bond donors (Lipinski definition) is 1. The van der Waals surface area contributed by atoms with Crippen LogP contribution >= 0.6 is 0 Å². The Kier molecular flexibility index (Phi) is 4.59. The zero-order valence-corrected chi connectivity index (χ0v) is 9.38. The largest absolute Gasteiger partial charge is 0.419 e. The van der Waals surface area contributed by atoms with Crippen LogP contribution in [0.2, 0.25) is 0 Å². The van der Waals surface area contributed by atoms with E-state index in [1.54, 1.807) is 0 Å². The fourth-order valence-corrected chi connectivity index (χ4v) is 1.27. The van der Waals surface area contributed by atoms with Crippen molar-refractivity contribution >= 4 is 11.7 Å². The van der Waals surface area contributed by atoms with Gasteiger partial charge in [-0.3, -0.25) is 14.9 Å². The molecule has 1 aromatic rings. The Labute approximate surface area is 98.0 Å². The summed E-state index contributed by atoms with van der Waals surface area (Å²) in [6.45, 7) is 1.51. The number of carbonyl (C=O) groups excluding carboxylic acids is 1. The highest BCUT2D eigenvalue weighted by atomic mass is 16.6. The average Bonchev–Trinajstić information content (AvgIpc) is 2.29. The van der Waals surface area contributed by atoms with Gasteiger partial charge in [-0.25, -0.2) is 0 Å². The Balaban J connectivity index is 2.98. The van der Waals surface area contributed by atoms with Crippen molar-refractivity contribution < 1.29 is 19.6 Å². The van der Waals surface area contributed by atoms with Gasteiger partial charge in [-0.15, -0.1) is 0 Å². The predicted molar refractivity (Wildman–Crippen MR) is 59.6 cm³/mol. The molecule has 0 aliphatic rings. The van der Waals surface area contributed by atoms with Crippen molar-refractivity contribution in [1.29, 1.82) is 0 Å². The first kappa shape index (κ1) is 13.1. The third-order valence-electron chi connectivity index (χ3n) is 2.08. The van der Waals surface area contributed by atoms with E-state index in [1.807, 2.05) is 6.92 Å². The Morgan fingerprint density at radius 3 is 2.76 bits per heavy atom. The van der Waals surface area contributed by atoms with Crippen LogP contribution in [0.4, 0.5) is 5.69 Å². The van der Waals surface area contributed by atoms with Gasteiger partial charge in [-0.2, -0.15) is 0 Å². The molecular weight excluding hydrogens is 226 g/mol. The minimum absolute atomic E-state index is 0.0920. The summed E-state index contributed by atoms with van der Waals surface area (Å²) in [5.41, 5.74) is 0.0768. The van der Waals surface area contributed by atoms with E-state index in [9.17, 15) is 14.9 Å². The van der Waals surface area contributed by atoms with E-state index in [2.05, 4.69) is 0 Å². The number of rotatable bonds is 5. The molecule has 0 fully saturated rings. The van der Waals surface area contributed by atoms with Crippen LogP contribution in [0.25, 0.3) is 0 Å². The van der Waals surface area contributed by atoms with Crippen LogP contribution in [0.1, 0.15) is 25.3 Å². The first-order valence-corrected chi connectivity index (χ1v) is 5.17. The van der Waals surface area contributed by atoms with Crippen LogP contribution in [0.3, 0.4) is 0 Å². The molecule has 0 aliphatic carbocycles. The molecule has 0 bridgehead atoms. The molecule has 0 heterocycles. The van der Waals surface area contributed by atoms with Crippen molar-refractivity contribution in [2.45, 2.75) is 26.4 Å². The standard InChI is InChI=1S/C11H13NO5/c1-2-3-11(14)17-10-5-4-8(7-13)6-9(10)12(15)16/h4-6,13H,2-3,7H2,1H3. The van der Waals surface area contributed by atoms with Crippen LogP contribution < -0.4 is 4.74 Å². The van der Waals surface area contributed by atoms with Gasteiger partial charge in [0.05, 0.1) is 11.5 Å². The number of nitro benzene ring substituents is 1. The number of aliphatic hydroxyl groups is 1. The van der Waals surface area contributed by atoms with Gasteiger partial charge < -0.3 is 9.84 Å². The molecule has 92 valence electrons. The minimum atomic E-state index is -0.645. The number of nitro groups is 1. The fraction of sp³-hybridized carbons (Fsp3) is 0.364. The molecule has 6 nitrogen and oxygen atoms in total.